The molecule has 3 nitrogen and oxygen atoms in total. The number of hydrogen-bond donors (Lipinski definition) is 2. The lowest BCUT2D eigenvalue weighted by Gasteiger charge is -2.29. The molecule has 0 amide bonds. The topological polar surface area (TPSA) is 57.5 Å². The second-order valence-electron chi connectivity index (χ2n) is 2.86. The predicted molar refractivity (Wildman–Crippen MR) is 49.9 cm³/mol. The van der Waals surface area contributed by atoms with E-state index < -0.39 is 16.9 Å². The fraction of sp³-hybridized carbons (Fsp3) is 0.375. The van der Waals surface area contributed by atoms with Gasteiger partial charge in [-0.2, -0.15) is 0 Å². The Labute approximate surface area is 85.3 Å². The lowest BCUT2D eigenvalue weighted by Crippen LogP contribution is -2.47. The Morgan fingerprint density at radius 2 is 2.23 bits per heavy atom. The first-order chi connectivity index (χ1) is 5.89. The molecule has 0 aromatic rings. The Morgan fingerprint density at radius 3 is 2.69 bits per heavy atom. The van der Waals surface area contributed by atoms with Crippen LogP contribution >= 0.6 is 23.2 Å². The van der Waals surface area contributed by atoms with E-state index in [0.29, 0.717) is 10.6 Å². The van der Waals surface area contributed by atoms with Crippen molar-refractivity contribution >= 4 is 29.2 Å². The molecule has 0 radical (unpaired) electrons. The molecular weight excluding hydrogens is 215 g/mol. The summed E-state index contributed by atoms with van der Waals surface area (Å²) in [6.07, 6.45) is 2.42. The van der Waals surface area contributed by atoms with E-state index in [0.717, 1.165) is 6.08 Å². The molecule has 1 aliphatic rings. The molecule has 0 aromatic carbocycles. The number of alkyl halides is 1. The molecule has 0 heterocycles. The summed E-state index contributed by atoms with van der Waals surface area (Å²) in [5.74, 6) is -1.38. The Kier molecular flexibility index (Phi) is 2.71. The largest absolute Gasteiger partial charge is 0.479 e. The van der Waals surface area contributed by atoms with Crippen molar-refractivity contribution in [2.75, 3.05) is 0 Å². The van der Waals surface area contributed by atoms with Crippen LogP contribution in [0, 0.1) is 0 Å². The first-order valence-electron chi connectivity index (χ1n) is 3.55. The third-order valence-electron chi connectivity index (χ3n) is 1.97. The normalized spacial score (nSPS) is 33.7. The van der Waals surface area contributed by atoms with Crippen molar-refractivity contribution in [2.45, 2.75) is 17.9 Å². The van der Waals surface area contributed by atoms with Crippen molar-refractivity contribution < 1.29 is 15.0 Å². The van der Waals surface area contributed by atoms with Crippen molar-refractivity contribution in [2.24, 2.45) is 0 Å². The number of carbonyl (C=O) groups is 1. The van der Waals surface area contributed by atoms with Gasteiger partial charge in [0.1, 0.15) is 0 Å². The molecule has 0 spiro atoms. The minimum atomic E-state index is -2.05. The van der Waals surface area contributed by atoms with Crippen LogP contribution in [0.4, 0.5) is 0 Å². The number of aliphatic carboxylic acids is 1. The van der Waals surface area contributed by atoms with Crippen molar-refractivity contribution in [1.29, 1.82) is 0 Å². The van der Waals surface area contributed by atoms with E-state index in [1.807, 2.05) is 0 Å². The third kappa shape index (κ3) is 1.59. The first-order valence-corrected chi connectivity index (χ1v) is 4.36. The Hall–Kier alpha value is -0.510. The molecule has 0 bridgehead atoms. The van der Waals surface area contributed by atoms with E-state index in [2.05, 4.69) is 0 Å². The van der Waals surface area contributed by atoms with Gasteiger partial charge in [-0.25, -0.2) is 4.79 Å². The average molecular weight is 223 g/mol. The van der Waals surface area contributed by atoms with Crippen LogP contribution in [0.25, 0.3) is 0 Å². The van der Waals surface area contributed by atoms with Gasteiger partial charge in [0.25, 0.3) is 0 Å². The molecule has 1 aliphatic carbocycles. The summed E-state index contributed by atoms with van der Waals surface area (Å²) in [6.45, 7) is 1.58. The highest BCUT2D eigenvalue weighted by molar-refractivity contribution is 6.34. The van der Waals surface area contributed by atoms with Crippen molar-refractivity contribution in [3.05, 3.63) is 22.8 Å². The number of carboxylic acids is 1. The molecule has 2 N–H and O–H groups in total. The van der Waals surface area contributed by atoms with Crippen LogP contribution in [-0.2, 0) is 4.79 Å². The zero-order valence-corrected chi connectivity index (χ0v) is 8.30. The number of allylic oxidation sites excluding steroid dienone is 2. The maximum absolute atomic E-state index is 10.7. The molecule has 5 heteroatoms. The van der Waals surface area contributed by atoms with Crippen molar-refractivity contribution in [3.8, 4) is 0 Å². The zero-order valence-electron chi connectivity index (χ0n) is 6.79. The summed E-state index contributed by atoms with van der Waals surface area (Å²) in [7, 11) is 0. The van der Waals surface area contributed by atoms with Crippen LogP contribution in [0.15, 0.2) is 22.8 Å². The summed E-state index contributed by atoms with van der Waals surface area (Å²) in [5.41, 5.74) is -1.60. The zero-order chi connectivity index (χ0) is 10.2. The minimum Gasteiger partial charge on any atom is -0.479 e. The highest BCUT2D eigenvalue weighted by atomic mass is 35.5. The quantitative estimate of drug-likeness (QED) is 0.662. The molecule has 0 fully saturated rings. The fourth-order valence-corrected chi connectivity index (χ4v) is 1.56. The molecule has 0 saturated carbocycles. The van der Waals surface area contributed by atoms with E-state index in [1.165, 1.54) is 6.08 Å². The number of aliphatic hydroxyl groups is 1. The summed E-state index contributed by atoms with van der Waals surface area (Å²) in [5, 5.41) is 17.7. The molecule has 0 aliphatic heterocycles. The van der Waals surface area contributed by atoms with Crippen molar-refractivity contribution in [1.82, 2.24) is 0 Å². The van der Waals surface area contributed by atoms with Crippen LogP contribution in [0.3, 0.4) is 0 Å². The van der Waals surface area contributed by atoms with Gasteiger partial charge in [-0.1, -0.05) is 11.6 Å². The highest BCUT2D eigenvalue weighted by Gasteiger charge is 2.44. The van der Waals surface area contributed by atoms with E-state index >= 15 is 0 Å². The maximum Gasteiger partial charge on any atom is 0.341 e. The smallest absolute Gasteiger partial charge is 0.341 e. The summed E-state index contributed by atoms with van der Waals surface area (Å²) in [6, 6.07) is 0. The molecule has 1 rings (SSSR count). The van der Waals surface area contributed by atoms with Gasteiger partial charge in [0.2, 0.25) is 5.60 Å². The highest BCUT2D eigenvalue weighted by Crippen LogP contribution is 2.33. The van der Waals surface area contributed by atoms with E-state index in [4.69, 9.17) is 28.3 Å². The number of hydrogen-bond acceptors (Lipinski definition) is 2. The Balaban J connectivity index is 3.12. The lowest BCUT2D eigenvalue weighted by molar-refractivity contribution is -0.153. The van der Waals surface area contributed by atoms with E-state index in [1.54, 1.807) is 6.92 Å². The predicted octanol–water partition coefficient (Wildman–Crippen LogP) is 1.49. The van der Waals surface area contributed by atoms with Gasteiger partial charge < -0.3 is 10.2 Å². The summed E-state index contributed by atoms with van der Waals surface area (Å²) >= 11 is 11.4. The summed E-state index contributed by atoms with van der Waals surface area (Å²) in [4.78, 5) is 10.7. The van der Waals surface area contributed by atoms with Gasteiger partial charge >= 0.3 is 5.97 Å². The summed E-state index contributed by atoms with van der Waals surface area (Å²) < 4.78 is 0. The monoisotopic (exact) mass is 222 g/mol. The second-order valence-corrected chi connectivity index (χ2v) is 3.70. The van der Waals surface area contributed by atoms with Gasteiger partial charge in [-0.15, -0.1) is 11.6 Å². The standard InChI is InChI=1S/C8H8Cl2O3/c1-4-5(9)2-3-8(13,6(4)10)7(11)12/h2-3,6,13H,1H3,(H,11,12). The van der Waals surface area contributed by atoms with Gasteiger partial charge in [0.05, 0.1) is 5.38 Å². The molecule has 0 saturated heterocycles. The number of carboxylic acid groups (broad SMARTS) is 1. The second kappa shape index (κ2) is 3.33. The number of rotatable bonds is 1. The van der Waals surface area contributed by atoms with E-state index in [-0.39, 0.29) is 0 Å². The van der Waals surface area contributed by atoms with Crippen LogP contribution in [0.1, 0.15) is 6.92 Å². The molecule has 2 atom stereocenters. The van der Waals surface area contributed by atoms with Gasteiger partial charge in [0.15, 0.2) is 0 Å². The Bertz CT molecular complexity index is 309. The van der Waals surface area contributed by atoms with Gasteiger partial charge in [-0.3, -0.25) is 0 Å². The van der Waals surface area contributed by atoms with Crippen LogP contribution in [0.2, 0.25) is 0 Å². The molecular formula is C8H8Cl2O3. The minimum absolute atomic E-state index is 0.367. The van der Waals surface area contributed by atoms with Crippen LogP contribution < -0.4 is 0 Å². The Morgan fingerprint density at radius 1 is 1.69 bits per heavy atom. The lowest BCUT2D eigenvalue weighted by atomic mass is 9.90. The SMILES string of the molecule is CC1=C(Cl)C=CC(O)(C(=O)O)C1Cl. The average Bonchev–Trinajstić information content (AvgIpc) is 2.08. The van der Waals surface area contributed by atoms with Crippen LogP contribution in [0.5, 0.6) is 0 Å². The van der Waals surface area contributed by atoms with Gasteiger partial charge in [0, 0.05) is 5.03 Å². The fourth-order valence-electron chi connectivity index (χ4n) is 1.05. The maximum atomic E-state index is 10.7. The van der Waals surface area contributed by atoms with Crippen LogP contribution in [-0.4, -0.2) is 27.2 Å². The van der Waals surface area contributed by atoms with E-state index in [9.17, 15) is 9.90 Å². The molecule has 13 heavy (non-hydrogen) atoms. The molecule has 2 unspecified atom stereocenters. The molecule has 0 aromatic heterocycles. The number of halogens is 2. The van der Waals surface area contributed by atoms with Gasteiger partial charge in [-0.05, 0) is 24.6 Å². The third-order valence-corrected chi connectivity index (χ3v) is 3.05. The first kappa shape index (κ1) is 10.6. The van der Waals surface area contributed by atoms with Crippen molar-refractivity contribution in [3.63, 3.8) is 0 Å². The molecule has 72 valence electrons.